The van der Waals surface area contributed by atoms with Crippen LogP contribution in [0.15, 0.2) is 59.8 Å². The fourth-order valence-corrected chi connectivity index (χ4v) is 4.11. The summed E-state index contributed by atoms with van der Waals surface area (Å²) in [6, 6.07) is 13.9. The lowest BCUT2D eigenvalue weighted by atomic mass is 10.1. The molecule has 1 aliphatic heterocycles. The number of carbonyl (C=O) groups is 1. The first kappa shape index (κ1) is 18.3. The summed E-state index contributed by atoms with van der Waals surface area (Å²) in [6.07, 6.45) is 3.79. The molecule has 7 heteroatoms. The van der Waals surface area contributed by atoms with Crippen molar-refractivity contribution in [3.05, 3.63) is 82.0 Å². The number of hydrogen-bond donors (Lipinski definition) is 0. The summed E-state index contributed by atoms with van der Waals surface area (Å²) < 4.78 is 3.04. The molecule has 30 heavy (non-hydrogen) atoms. The van der Waals surface area contributed by atoms with Crippen molar-refractivity contribution in [1.29, 1.82) is 0 Å². The van der Waals surface area contributed by atoms with Gasteiger partial charge in [0.15, 0.2) is 5.65 Å². The molecule has 0 bridgehead atoms. The van der Waals surface area contributed by atoms with Crippen molar-refractivity contribution in [1.82, 2.24) is 19.3 Å². The van der Waals surface area contributed by atoms with Gasteiger partial charge in [0.25, 0.3) is 5.56 Å². The molecule has 0 unspecified atom stereocenters. The number of para-hydroxylation sites is 1. The van der Waals surface area contributed by atoms with E-state index >= 15 is 0 Å². The van der Waals surface area contributed by atoms with Crippen molar-refractivity contribution < 1.29 is 4.79 Å². The number of rotatable bonds is 3. The van der Waals surface area contributed by atoms with Crippen LogP contribution in [0.5, 0.6) is 0 Å². The first-order valence-electron chi connectivity index (χ1n) is 9.92. The van der Waals surface area contributed by atoms with Gasteiger partial charge in [-0.1, -0.05) is 35.9 Å². The van der Waals surface area contributed by atoms with Crippen molar-refractivity contribution in [2.24, 2.45) is 0 Å². The van der Waals surface area contributed by atoms with Crippen LogP contribution in [0.3, 0.4) is 0 Å². The Morgan fingerprint density at radius 2 is 1.93 bits per heavy atom. The van der Waals surface area contributed by atoms with Gasteiger partial charge in [-0.25, -0.2) is 9.67 Å². The highest BCUT2D eigenvalue weighted by molar-refractivity contribution is 5.95. The predicted molar refractivity (Wildman–Crippen MR) is 115 cm³/mol. The van der Waals surface area contributed by atoms with Crippen molar-refractivity contribution in [2.45, 2.75) is 26.8 Å². The quantitative estimate of drug-likeness (QED) is 0.531. The maximum Gasteiger partial charge on any atom is 0.264 e. The number of benzene rings is 2. The average Bonchev–Trinajstić information content (AvgIpc) is 3.35. The minimum atomic E-state index is -0.267. The third kappa shape index (κ3) is 2.90. The van der Waals surface area contributed by atoms with E-state index in [0.717, 1.165) is 34.5 Å². The second kappa shape index (κ2) is 6.95. The molecule has 4 aromatic rings. The van der Waals surface area contributed by atoms with Gasteiger partial charge in [0.05, 0.1) is 11.9 Å². The van der Waals surface area contributed by atoms with Crippen molar-refractivity contribution >= 4 is 22.6 Å². The highest BCUT2D eigenvalue weighted by Crippen LogP contribution is 2.27. The molecule has 0 N–H and O–H groups in total. The van der Waals surface area contributed by atoms with Crippen LogP contribution in [0.1, 0.15) is 16.7 Å². The number of hydrogen-bond acceptors (Lipinski definition) is 4. The molecule has 0 aliphatic carbocycles. The molecular weight excluding hydrogens is 378 g/mol. The van der Waals surface area contributed by atoms with Crippen LogP contribution >= 0.6 is 0 Å². The molecule has 0 saturated heterocycles. The van der Waals surface area contributed by atoms with Gasteiger partial charge in [-0.3, -0.25) is 14.2 Å². The summed E-state index contributed by atoms with van der Waals surface area (Å²) in [5.41, 5.74) is 5.39. The monoisotopic (exact) mass is 399 g/mol. The van der Waals surface area contributed by atoms with E-state index in [2.05, 4.69) is 16.1 Å². The van der Waals surface area contributed by atoms with Gasteiger partial charge in [-0.2, -0.15) is 5.10 Å². The first-order valence-corrected chi connectivity index (χ1v) is 9.92. The number of aromatic nitrogens is 4. The summed E-state index contributed by atoms with van der Waals surface area (Å²) >= 11 is 0. The topological polar surface area (TPSA) is 73.0 Å². The number of fused-ring (bicyclic) bond motifs is 2. The molecule has 2 aromatic carbocycles. The van der Waals surface area contributed by atoms with Crippen LogP contribution in [0.2, 0.25) is 0 Å². The summed E-state index contributed by atoms with van der Waals surface area (Å²) in [6.45, 7) is 4.62. The van der Waals surface area contributed by atoms with E-state index in [-0.39, 0.29) is 18.0 Å². The first-order chi connectivity index (χ1) is 14.5. The molecule has 0 atom stereocenters. The number of amides is 1. The van der Waals surface area contributed by atoms with Crippen molar-refractivity contribution in [2.75, 3.05) is 11.4 Å². The summed E-state index contributed by atoms with van der Waals surface area (Å²) in [4.78, 5) is 32.1. The fraction of sp³-hybridized carbons (Fsp3) is 0.217. The van der Waals surface area contributed by atoms with Gasteiger partial charge < -0.3 is 4.90 Å². The van der Waals surface area contributed by atoms with E-state index in [1.54, 1.807) is 9.58 Å². The Morgan fingerprint density at radius 3 is 2.77 bits per heavy atom. The maximum absolute atomic E-state index is 13.0. The summed E-state index contributed by atoms with van der Waals surface area (Å²) in [5.74, 6) is -0.120. The minimum Gasteiger partial charge on any atom is -0.310 e. The van der Waals surface area contributed by atoms with Crippen LogP contribution in [-0.4, -0.2) is 31.8 Å². The Labute approximate surface area is 173 Å². The van der Waals surface area contributed by atoms with E-state index in [4.69, 9.17) is 0 Å². The van der Waals surface area contributed by atoms with Gasteiger partial charge in [0.2, 0.25) is 5.91 Å². The molecule has 3 heterocycles. The van der Waals surface area contributed by atoms with Crippen molar-refractivity contribution in [3.8, 4) is 5.69 Å². The average molecular weight is 399 g/mol. The molecule has 0 radical (unpaired) electrons. The Bertz CT molecular complexity index is 1350. The van der Waals surface area contributed by atoms with E-state index in [1.807, 2.05) is 50.2 Å². The maximum atomic E-state index is 13.0. The van der Waals surface area contributed by atoms with E-state index < -0.39 is 0 Å². The van der Waals surface area contributed by atoms with E-state index in [0.29, 0.717) is 17.6 Å². The standard InChI is InChI=1S/C23H21N5O2/c1-15-7-8-19(16(2)11-15)28-22-18(12-25-28)23(30)26(14-24-22)13-21(29)27-10-9-17-5-3-4-6-20(17)27/h3-8,11-12,14H,9-10,13H2,1-2H3. The lowest BCUT2D eigenvalue weighted by molar-refractivity contribution is -0.119. The molecular formula is C23H21N5O2. The SMILES string of the molecule is Cc1ccc(-n2ncc3c(=O)n(CC(=O)N4CCc5ccccc54)cnc32)c(C)c1. The Morgan fingerprint density at radius 1 is 1.10 bits per heavy atom. The highest BCUT2D eigenvalue weighted by Gasteiger charge is 2.25. The van der Waals surface area contributed by atoms with Crippen molar-refractivity contribution in [3.63, 3.8) is 0 Å². The smallest absolute Gasteiger partial charge is 0.264 e. The Kier molecular flexibility index (Phi) is 4.24. The minimum absolute atomic E-state index is 0.0507. The molecule has 0 fully saturated rings. The van der Waals surface area contributed by atoms with Gasteiger partial charge in [0.1, 0.15) is 18.3 Å². The van der Waals surface area contributed by atoms with Gasteiger partial charge >= 0.3 is 0 Å². The lowest BCUT2D eigenvalue weighted by Crippen LogP contribution is -2.35. The van der Waals surface area contributed by atoms with Gasteiger partial charge in [-0.05, 0) is 43.5 Å². The second-order valence-electron chi connectivity index (χ2n) is 7.69. The van der Waals surface area contributed by atoms with Crippen LogP contribution in [0, 0.1) is 13.8 Å². The Hall–Kier alpha value is -3.74. The Balaban J connectivity index is 1.48. The van der Waals surface area contributed by atoms with Gasteiger partial charge in [0, 0.05) is 12.2 Å². The van der Waals surface area contributed by atoms with E-state index in [9.17, 15) is 9.59 Å². The third-order valence-electron chi connectivity index (χ3n) is 5.63. The van der Waals surface area contributed by atoms with Crippen LogP contribution < -0.4 is 10.5 Å². The molecule has 2 aromatic heterocycles. The van der Waals surface area contributed by atoms with Crippen LogP contribution in [0.4, 0.5) is 5.69 Å². The number of anilines is 1. The van der Waals surface area contributed by atoms with Crippen LogP contribution in [0.25, 0.3) is 16.7 Å². The zero-order chi connectivity index (χ0) is 20.8. The molecule has 0 spiro atoms. The molecule has 1 aliphatic rings. The highest BCUT2D eigenvalue weighted by atomic mass is 16.2. The normalized spacial score (nSPS) is 13.1. The zero-order valence-electron chi connectivity index (χ0n) is 16.9. The summed E-state index contributed by atoms with van der Waals surface area (Å²) in [5, 5.41) is 4.79. The third-order valence-corrected chi connectivity index (χ3v) is 5.63. The molecule has 5 rings (SSSR count). The zero-order valence-corrected chi connectivity index (χ0v) is 16.9. The molecule has 0 saturated carbocycles. The van der Waals surface area contributed by atoms with Gasteiger partial charge in [-0.15, -0.1) is 0 Å². The number of carbonyl (C=O) groups excluding carboxylic acids is 1. The number of aryl methyl sites for hydroxylation is 2. The molecule has 150 valence electrons. The lowest BCUT2D eigenvalue weighted by Gasteiger charge is -2.17. The second-order valence-corrected chi connectivity index (χ2v) is 7.69. The van der Waals surface area contributed by atoms with Crippen LogP contribution in [-0.2, 0) is 17.8 Å². The number of nitrogens with zero attached hydrogens (tertiary/aromatic N) is 5. The predicted octanol–water partition coefficient (Wildman–Crippen LogP) is 2.79. The largest absolute Gasteiger partial charge is 0.310 e. The molecule has 7 nitrogen and oxygen atoms in total. The summed E-state index contributed by atoms with van der Waals surface area (Å²) in [7, 11) is 0. The fourth-order valence-electron chi connectivity index (χ4n) is 4.11. The molecule has 1 amide bonds. The van der Waals surface area contributed by atoms with E-state index in [1.165, 1.54) is 17.1 Å².